The molecule has 0 bridgehead atoms. The molecule has 5 rings (SSSR count). The Balaban J connectivity index is 1.53. The molecule has 9 nitrogen and oxygen atoms in total. The third-order valence-corrected chi connectivity index (χ3v) is 7.33. The van der Waals surface area contributed by atoms with Gasteiger partial charge in [-0.25, -0.2) is 9.78 Å². The van der Waals surface area contributed by atoms with E-state index in [0.717, 1.165) is 45.8 Å². The van der Waals surface area contributed by atoms with Crippen LogP contribution < -0.4 is 10.5 Å². The molecular weight excluding hydrogens is 517 g/mol. The number of hydrogen-bond acceptors (Lipinski definition) is 5. The quantitative estimate of drug-likeness (QED) is 0.365. The van der Waals surface area contributed by atoms with Gasteiger partial charge in [0.05, 0.1) is 41.2 Å². The number of morpholine rings is 1. The number of carbonyl (C=O) groups is 1. The van der Waals surface area contributed by atoms with E-state index in [0.29, 0.717) is 28.8 Å². The van der Waals surface area contributed by atoms with Crippen molar-refractivity contribution in [1.29, 1.82) is 0 Å². The molecule has 1 aliphatic heterocycles. The molecule has 1 saturated heterocycles. The SMILES string of the molecule is CN(CC(c1ccc(Cl)c(Cl)c1)n1ccc(-c2c[nH]c3ncc(N4CCOCC4)cc23)cc1=O)C(=O)O. The molecule has 1 atom stereocenters. The highest BCUT2D eigenvalue weighted by Crippen LogP contribution is 2.31. The minimum absolute atomic E-state index is 0.0481. The van der Waals surface area contributed by atoms with Crippen molar-refractivity contribution in [1.82, 2.24) is 19.4 Å². The average molecular weight is 542 g/mol. The van der Waals surface area contributed by atoms with Gasteiger partial charge in [0.15, 0.2) is 0 Å². The van der Waals surface area contributed by atoms with Gasteiger partial charge in [-0.05, 0) is 35.4 Å². The standard InChI is InChI=1S/C26H25Cl2N5O4/c1-31(26(35)36)15-23(17-2-3-21(27)22(28)10-17)33-5-4-16(11-24(33)34)20-14-30-25-19(20)12-18(13-29-25)32-6-8-37-9-7-32/h2-5,10-14,23H,6-9,15H2,1H3,(H,29,30)(H,35,36). The molecule has 4 heterocycles. The average Bonchev–Trinajstić information content (AvgIpc) is 3.33. The molecule has 0 saturated carbocycles. The van der Waals surface area contributed by atoms with Crippen molar-refractivity contribution >= 4 is 46.0 Å². The topological polar surface area (TPSA) is 104 Å². The Hall–Kier alpha value is -3.53. The second kappa shape index (κ2) is 10.5. The number of carboxylic acid groups (broad SMARTS) is 1. The van der Waals surface area contributed by atoms with Gasteiger partial charge in [0, 0.05) is 56.1 Å². The number of rotatable bonds is 6. The number of pyridine rings is 2. The van der Waals surface area contributed by atoms with E-state index in [-0.39, 0.29) is 12.1 Å². The predicted molar refractivity (Wildman–Crippen MR) is 144 cm³/mol. The van der Waals surface area contributed by atoms with Crippen LogP contribution in [0.5, 0.6) is 0 Å². The third kappa shape index (κ3) is 5.16. The molecule has 3 aromatic heterocycles. The van der Waals surface area contributed by atoms with Crippen LogP contribution in [0.15, 0.2) is 59.8 Å². The van der Waals surface area contributed by atoms with Crippen molar-refractivity contribution < 1.29 is 14.6 Å². The minimum Gasteiger partial charge on any atom is -0.465 e. The summed E-state index contributed by atoms with van der Waals surface area (Å²) in [6, 6.07) is 9.90. The number of anilines is 1. The molecule has 0 spiro atoms. The third-order valence-electron chi connectivity index (χ3n) is 6.59. The van der Waals surface area contributed by atoms with Gasteiger partial charge in [0.25, 0.3) is 5.56 Å². The lowest BCUT2D eigenvalue weighted by Crippen LogP contribution is -2.36. The number of ether oxygens (including phenoxy) is 1. The molecule has 1 fully saturated rings. The van der Waals surface area contributed by atoms with Gasteiger partial charge in [-0.3, -0.25) is 4.79 Å². The number of likely N-dealkylation sites (N-methyl/N-ethyl adjacent to an activating group) is 1. The number of aromatic amines is 1. The molecular formula is C26H25Cl2N5O4. The summed E-state index contributed by atoms with van der Waals surface area (Å²) in [7, 11) is 1.46. The molecule has 37 heavy (non-hydrogen) atoms. The maximum absolute atomic E-state index is 13.4. The maximum atomic E-state index is 13.4. The molecule has 4 aromatic rings. The van der Waals surface area contributed by atoms with E-state index in [2.05, 4.69) is 20.9 Å². The number of nitrogens with zero attached hydrogens (tertiary/aromatic N) is 4. The highest BCUT2D eigenvalue weighted by molar-refractivity contribution is 6.42. The Labute approximate surface area is 222 Å². The van der Waals surface area contributed by atoms with Gasteiger partial charge in [-0.15, -0.1) is 0 Å². The molecule has 1 aromatic carbocycles. The molecule has 192 valence electrons. The lowest BCUT2D eigenvalue weighted by Gasteiger charge is -2.28. The summed E-state index contributed by atoms with van der Waals surface area (Å²) in [5.74, 6) is 0. The van der Waals surface area contributed by atoms with Gasteiger partial charge in [0.1, 0.15) is 5.65 Å². The fraction of sp³-hybridized carbons (Fsp3) is 0.269. The van der Waals surface area contributed by atoms with Crippen LogP contribution in [0.1, 0.15) is 11.6 Å². The van der Waals surface area contributed by atoms with Gasteiger partial charge < -0.3 is 29.2 Å². The van der Waals surface area contributed by atoms with Crippen LogP contribution in [0.3, 0.4) is 0 Å². The van der Waals surface area contributed by atoms with Crippen molar-refractivity contribution in [3.8, 4) is 11.1 Å². The van der Waals surface area contributed by atoms with E-state index in [1.165, 1.54) is 11.6 Å². The largest absolute Gasteiger partial charge is 0.465 e. The van der Waals surface area contributed by atoms with Crippen LogP contribution in [0.4, 0.5) is 10.5 Å². The number of halogens is 2. The van der Waals surface area contributed by atoms with Crippen LogP contribution in [0.2, 0.25) is 10.0 Å². The Bertz CT molecular complexity index is 1510. The zero-order valence-corrected chi connectivity index (χ0v) is 21.5. The van der Waals surface area contributed by atoms with Crippen molar-refractivity contribution in [3.63, 3.8) is 0 Å². The highest BCUT2D eigenvalue weighted by atomic mass is 35.5. The van der Waals surface area contributed by atoms with Crippen LogP contribution in [-0.2, 0) is 4.74 Å². The minimum atomic E-state index is -1.10. The van der Waals surface area contributed by atoms with Gasteiger partial charge in [-0.1, -0.05) is 29.3 Å². The number of nitrogens with one attached hydrogen (secondary N) is 1. The lowest BCUT2D eigenvalue weighted by molar-refractivity contribution is 0.122. The maximum Gasteiger partial charge on any atom is 0.407 e. The van der Waals surface area contributed by atoms with Gasteiger partial charge in [0.2, 0.25) is 0 Å². The van der Waals surface area contributed by atoms with E-state index >= 15 is 0 Å². The first-order valence-corrected chi connectivity index (χ1v) is 12.5. The summed E-state index contributed by atoms with van der Waals surface area (Å²) in [6.45, 7) is 2.99. The molecule has 2 N–H and O–H groups in total. The van der Waals surface area contributed by atoms with E-state index < -0.39 is 12.1 Å². The lowest BCUT2D eigenvalue weighted by atomic mass is 10.0. The Morgan fingerprint density at radius 3 is 2.68 bits per heavy atom. The summed E-state index contributed by atoms with van der Waals surface area (Å²) in [5.41, 5.74) is 3.71. The van der Waals surface area contributed by atoms with Crippen molar-refractivity contribution in [3.05, 3.63) is 81.0 Å². The van der Waals surface area contributed by atoms with Crippen LogP contribution in [0, 0.1) is 0 Å². The zero-order valence-electron chi connectivity index (χ0n) is 20.0. The first-order valence-electron chi connectivity index (χ1n) is 11.7. The van der Waals surface area contributed by atoms with Crippen LogP contribution in [0.25, 0.3) is 22.2 Å². The van der Waals surface area contributed by atoms with E-state index in [1.54, 1.807) is 30.5 Å². The number of hydrogen-bond donors (Lipinski definition) is 2. The normalized spacial score (nSPS) is 14.6. The summed E-state index contributed by atoms with van der Waals surface area (Å²) < 4.78 is 6.97. The molecule has 1 aliphatic rings. The number of fused-ring (bicyclic) bond motifs is 1. The highest BCUT2D eigenvalue weighted by Gasteiger charge is 2.22. The zero-order chi connectivity index (χ0) is 26.1. The first-order chi connectivity index (χ1) is 17.8. The van der Waals surface area contributed by atoms with Gasteiger partial charge in [-0.2, -0.15) is 0 Å². The fourth-order valence-corrected chi connectivity index (χ4v) is 4.86. The second-order valence-corrected chi connectivity index (χ2v) is 9.72. The number of H-pyrrole nitrogens is 1. The molecule has 0 radical (unpaired) electrons. The van der Waals surface area contributed by atoms with E-state index in [1.807, 2.05) is 18.5 Å². The molecule has 0 aliphatic carbocycles. The Morgan fingerprint density at radius 2 is 1.97 bits per heavy atom. The smallest absolute Gasteiger partial charge is 0.407 e. The number of aromatic nitrogens is 3. The summed E-state index contributed by atoms with van der Waals surface area (Å²) in [4.78, 5) is 36.1. The monoisotopic (exact) mass is 541 g/mol. The number of benzene rings is 1. The van der Waals surface area contributed by atoms with E-state index in [4.69, 9.17) is 27.9 Å². The van der Waals surface area contributed by atoms with Gasteiger partial charge >= 0.3 is 6.09 Å². The molecule has 1 amide bonds. The molecule has 1 unspecified atom stereocenters. The predicted octanol–water partition coefficient (Wildman–Crippen LogP) is 4.73. The van der Waals surface area contributed by atoms with Crippen molar-refractivity contribution in [2.75, 3.05) is 44.8 Å². The number of amides is 1. The Kier molecular flexibility index (Phi) is 7.10. The van der Waals surface area contributed by atoms with E-state index in [9.17, 15) is 14.7 Å². The van der Waals surface area contributed by atoms with Crippen molar-refractivity contribution in [2.45, 2.75) is 6.04 Å². The summed E-state index contributed by atoms with van der Waals surface area (Å²) >= 11 is 12.3. The Morgan fingerprint density at radius 1 is 1.19 bits per heavy atom. The fourth-order valence-electron chi connectivity index (χ4n) is 4.55. The van der Waals surface area contributed by atoms with Crippen molar-refractivity contribution in [2.24, 2.45) is 0 Å². The van der Waals surface area contributed by atoms with Crippen LogP contribution in [-0.4, -0.2) is 70.5 Å². The summed E-state index contributed by atoms with van der Waals surface area (Å²) in [6.07, 6.45) is 4.26. The van der Waals surface area contributed by atoms with Crippen LogP contribution >= 0.6 is 23.2 Å². The first kappa shape index (κ1) is 25.1. The summed E-state index contributed by atoms with van der Waals surface area (Å²) in [5, 5.41) is 11.1. The second-order valence-electron chi connectivity index (χ2n) is 8.90. The molecule has 11 heteroatoms.